The highest BCUT2D eigenvalue weighted by Crippen LogP contribution is 2.28. The third-order valence-corrected chi connectivity index (χ3v) is 4.19. The molecule has 2 aromatic carbocycles. The minimum absolute atomic E-state index is 0.291. The first-order valence-corrected chi connectivity index (χ1v) is 7.63. The predicted octanol–water partition coefficient (Wildman–Crippen LogP) is 4.60. The Hall–Kier alpha value is -0.910. The van der Waals surface area contributed by atoms with Crippen molar-refractivity contribution in [1.82, 2.24) is 0 Å². The van der Waals surface area contributed by atoms with Crippen LogP contribution in [0.1, 0.15) is 17.2 Å². The van der Waals surface area contributed by atoms with Crippen molar-refractivity contribution in [3.63, 3.8) is 0 Å². The molecular formula is C15H14Br2FNO. The summed E-state index contributed by atoms with van der Waals surface area (Å²) in [6.07, 6.45) is 0.573. The molecule has 1 atom stereocenters. The Labute approximate surface area is 134 Å². The van der Waals surface area contributed by atoms with E-state index in [1.54, 1.807) is 13.2 Å². The van der Waals surface area contributed by atoms with Crippen molar-refractivity contribution >= 4 is 31.9 Å². The number of benzene rings is 2. The largest absolute Gasteiger partial charge is 0.496 e. The molecule has 0 fully saturated rings. The lowest BCUT2D eigenvalue weighted by atomic mass is 9.99. The van der Waals surface area contributed by atoms with E-state index >= 15 is 0 Å². The molecule has 0 aromatic heterocycles. The second-order valence-corrected chi connectivity index (χ2v) is 6.21. The lowest BCUT2D eigenvalue weighted by Gasteiger charge is -2.15. The Morgan fingerprint density at radius 3 is 2.60 bits per heavy atom. The van der Waals surface area contributed by atoms with Crippen LogP contribution in [-0.4, -0.2) is 7.11 Å². The van der Waals surface area contributed by atoms with E-state index in [1.807, 2.05) is 24.3 Å². The molecule has 0 saturated heterocycles. The summed E-state index contributed by atoms with van der Waals surface area (Å²) >= 11 is 6.57. The third kappa shape index (κ3) is 3.59. The van der Waals surface area contributed by atoms with Gasteiger partial charge in [-0.15, -0.1) is 0 Å². The molecule has 1 unspecified atom stereocenters. The summed E-state index contributed by atoms with van der Waals surface area (Å²) in [6.45, 7) is 0. The molecule has 20 heavy (non-hydrogen) atoms. The molecule has 106 valence electrons. The molecule has 0 aliphatic rings. The highest BCUT2D eigenvalue weighted by atomic mass is 79.9. The molecule has 5 heteroatoms. The third-order valence-electron chi connectivity index (χ3n) is 3.05. The summed E-state index contributed by atoms with van der Waals surface area (Å²) in [5.41, 5.74) is 7.91. The summed E-state index contributed by atoms with van der Waals surface area (Å²) in [6, 6.07) is 10.4. The van der Waals surface area contributed by atoms with Gasteiger partial charge in [-0.25, -0.2) is 4.39 Å². The highest BCUT2D eigenvalue weighted by Gasteiger charge is 2.13. The number of rotatable bonds is 4. The Kier molecular flexibility index (Phi) is 5.18. The summed E-state index contributed by atoms with van der Waals surface area (Å²) < 4.78 is 20.3. The number of hydrogen-bond donors (Lipinski definition) is 1. The van der Waals surface area contributed by atoms with Gasteiger partial charge in [-0.2, -0.15) is 0 Å². The average Bonchev–Trinajstić information content (AvgIpc) is 2.42. The van der Waals surface area contributed by atoms with Crippen molar-refractivity contribution in [2.24, 2.45) is 5.73 Å². The van der Waals surface area contributed by atoms with Crippen LogP contribution >= 0.6 is 31.9 Å². The van der Waals surface area contributed by atoms with E-state index in [0.29, 0.717) is 10.9 Å². The van der Waals surface area contributed by atoms with E-state index in [9.17, 15) is 4.39 Å². The molecule has 2 nitrogen and oxygen atoms in total. The van der Waals surface area contributed by atoms with Gasteiger partial charge in [0.15, 0.2) is 0 Å². The molecule has 0 radical (unpaired) electrons. The van der Waals surface area contributed by atoms with Gasteiger partial charge in [-0.1, -0.05) is 22.0 Å². The standard InChI is InChI=1S/C15H14Br2FNO/c1-20-15-5-3-11(16)6-10(15)8-14(19)9-2-4-12(17)13(18)7-9/h2-7,14H,8,19H2,1H3. The predicted molar refractivity (Wildman–Crippen MR) is 85.4 cm³/mol. The maximum absolute atomic E-state index is 13.6. The molecule has 2 rings (SSSR count). The van der Waals surface area contributed by atoms with Crippen molar-refractivity contribution in [2.45, 2.75) is 12.5 Å². The van der Waals surface area contributed by atoms with Gasteiger partial charge in [-0.3, -0.25) is 0 Å². The first-order valence-electron chi connectivity index (χ1n) is 6.04. The molecule has 2 aromatic rings. The fourth-order valence-corrected chi connectivity index (χ4v) is 2.66. The van der Waals surface area contributed by atoms with Crippen LogP contribution in [0.5, 0.6) is 5.75 Å². The van der Waals surface area contributed by atoms with E-state index in [2.05, 4.69) is 31.9 Å². The van der Waals surface area contributed by atoms with Crippen LogP contribution in [-0.2, 0) is 6.42 Å². The van der Waals surface area contributed by atoms with Crippen LogP contribution < -0.4 is 10.5 Å². The molecule has 0 saturated carbocycles. The van der Waals surface area contributed by atoms with Crippen LogP contribution in [0, 0.1) is 5.82 Å². The van der Waals surface area contributed by atoms with E-state index in [1.165, 1.54) is 6.07 Å². The summed E-state index contributed by atoms with van der Waals surface area (Å²) in [7, 11) is 1.62. The smallest absolute Gasteiger partial charge is 0.137 e. The second-order valence-electron chi connectivity index (χ2n) is 4.44. The molecule has 2 N–H and O–H groups in total. The Morgan fingerprint density at radius 2 is 1.95 bits per heavy atom. The number of nitrogens with two attached hydrogens (primary N) is 1. The van der Waals surface area contributed by atoms with Gasteiger partial charge >= 0.3 is 0 Å². The fourth-order valence-electron chi connectivity index (χ4n) is 2.00. The minimum atomic E-state index is -0.306. The summed E-state index contributed by atoms with van der Waals surface area (Å²) in [4.78, 5) is 0. The van der Waals surface area contributed by atoms with Crippen molar-refractivity contribution in [3.8, 4) is 5.75 Å². The first kappa shape index (κ1) is 15.5. The van der Waals surface area contributed by atoms with Gasteiger partial charge in [-0.05, 0) is 63.8 Å². The summed E-state index contributed by atoms with van der Waals surface area (Å²) in [5, 5.41) is 0. The van der Waals surface area contributed by atoms with E-state index in [4.69, 9.17) is 10.5 Å². The Morgan fingerprint density at radius 1 is 1.20 bits per heavy atom. The van der Waals surface area contributed by atoms with Gasteiger partial charge in [0.25, 0.3) is 0 Å². The van der Waals surface area contributed by atoms with Gasteiger partial charge in [0.05, 0.1) is 11.6 Å². The Bertz CT molecular complexity index is 619. The first-order chi connectivity index (χ1) is 9.51. The van der Waals surface area contributed by atoms with E-state index in [-0.39, 0.29) is 11.9 Å². The normalized spacial score (nSPS) is 12.2. The van der Waals surface area contributed by atoms with Crippen LogP contribution in [0.4, 0.5) is 4.39 Å². The topological polar surface area (TPSA) is 35.2 Å². The maximum Gasteiger partial charge on any atom is 0.137 e. The molecule has 0 bridgehead atoms. The second kappa shape index (κ2) is 6.70. The zero-order valence-corrected chi connectivity index (χ0v) is 14.0. The van der Waals surface area contributed by atoms with E-state index < -0.39 is 0 Å². The Balaban J connectivity index is 2.24. The van der Waals surface area contributed by atoms with Gasteiger partial charge in [0.2, 0.25) is 0 Å². The van der Waals surface area contributed by atoms with Gasteiger partial charge < -0.3 is 10.5 Å². The monoisotopic (exact) mass is 401 g/mol. The molecule has 0 amide bonds. The zero-order chi connectivity index (χ0) is 14.7. The summed E-state index contributed by atoms with van der Waals surface area (Å²) in [5.74, 6) is 0.473. The SMILES string of the molecule is COc1ccc(Br)cc1CC(N)c1ccc(Br)c(F)c1. The number of ether oxygens (including phenoxy) is 1. The van der Waals surface area contributed by atoms with Crippen LogP contribution in [0.3, 0.4) is 0 Å². The van der Waals surface area contributed by atoms with Crippen LogP contribution in [0.25, 0.3) is 0 Å². The lowest BCUT2D eigenvalue weighted by molar-refractivity contribution is 0.408. The van der Waals surface area contributed by atoms with Gasteiger partial charge in [0.1, 0.15) is 11.6 Å². The van der Waals surface area contributed by atoms with Crippen molar-refractivity contribution in [1.29, 1.82) is 0 Å². The molecule has 0 aliphatic heterocycles. The molecule has 0 spiro atoms. The lowest BCUT2D eigenvalue weighted by Crippen LogP contribution is -2.14. The van der Waals surface area contributed by atoms with Crippen molar-refractivity contribution in [2.75, 3.05) is 7.11 Å². The van der Waals surface area contributed by atoms with Crippen molar-refractivity contribution in [3.05, 3.63) is 62.3 Å². The van der Waals surface area contributed by atoms with Crippen LogP contribution in [0.2, 0.25) is 0 Å². The fraction of sp³-hybridized carbons (Fsp3) is 0.200. The number of hydrogen-bond acceptors (Lipinski definition) is 2. The van der Waals surface area contributed by atoms with Crippen molar-refractivity contribution < 1.29 is 9.13 Å². The van der Waals surface area contributed by atoms with Crippen LogP contribution in [0.15, 0.2) is 45.3 Å². The minimum Gasteiger partial charge on any atom is -0.496 e. The average molecular weight is 403 g/mol. The highest BCUT2D eigenvalue weighted by molar-refractivity contribution is 9.10. The number of methoxy groups -OCH3 is 1. The van der Waals surface area contributed by atoms with E-state index in [0.717, 1.165) is 21.3 Å². The maximum atomic E-state index is 13.6. The molecular weight excluding hydrogens is 389 g/mol. The quantitative estimate of drug-likeness (QED) is 0.810. The molecule has 0 heterocycles. The number of halogens is 3. The molecule has 0 aliphatic carbocycles. The van der Waals surface area contributed by atoms with Gasteiger partial charge in [0, 0.05) is 10.5 Å². The zero-order valence-electron chi connectivity index (χ0n) is 10.9.